The van der Waals surface area contributed by atoms with E-state index in [2.05, 4.69) is 213 Å². The van der Waals surface area contributed by atoms with Crippen molar-refractivity contribution in [1.82, 2.24) is 0 Å². The predicted molar refractivity (Wildman–Crippen MR) is 247 cm³/mol. The molecule has 8 aromatic rings. The molecule has 0 amide bonds. The minimum atomic E-state index is 1.26. The first kappa shape index (κ1) is 40.5. The summed E-state index contributed by atoms with van der Waals surface area (Å²) in [5.41, 5.74) is 0. The summed E-state index contributed by atoms with van der Waals surface area (Å²) in [7, 11) is 0. The van der Waals surface area contributed by atoms with Crippen molar-refractivity contribution < 1.29 is 0 Å². The topological polar surface area (TPSA) is 0 Å². The van der Waals surface area contributed by atoms with Gasteiger partial charge in [0, 0.05) is 64.7 Å². The molecule has 272 valence electrons. The maximum atomic E-state index is 2.21. The Balaban J connectivity index is 0.000000142. The lowest BCUT2D eigenvalue weighted by Gasteiger charge is -2.01. The van der Waals surface area contributed by atoms with Crippen molar-refractivity contribution in [2.24, 2.45) is 0 Å². The summed E-state index contributed by atoms with van der Waals surface area (Å²) in [5, 5.41) is 0. The maximum Gasteiger partial charge on any atom is 0.158 e. The van der Waals surface area contributed by atoms with Crippen LogP contribution in [0.3, 0.4) is 0 Å². The molecule has 0 fully saturated rings. The van der Waals surface area contributed by atoms with Crippen LogP contribution in [0, 0.1) is 0 Å². The molecule has 0 spiro atoms. The van der Waals surface area contributed by atoms with Gasteiger partial charge in [0.1, 0.15) is 6.26 Å². The van der Waals surface area contributed by atoms with E-state index >= 15 is 0 Å². The van der Waals surface area contributed by atoms with Crippen molar-refractivity contribution >= 4 is 70.6 Å². The molecule has 0 heterocycles. The van der Waals surface area contributed by atoms with E-state index in [1.54, 1.807) is 35.3 Å². The zero-order chi connectivity index (χ0) is 37.8. The highest BCUT2D eigenvalue weighted by atomic mass is 32.2. The quantitative estimate of drug-likeness (QED) is 0.0942. The highest BCUT2D eigenvalue weighted by Gasteiger charge is 2.08. The fourth-order valence-corrected chi connectivity index (χ4v) is 9.81. The molecule has 8 aromatic carbocycles. The van der Waals surface area contributed by atoms with Gasteiger partial charge >= 0.3 is 0 Å². The zero-order valence-corrected chi connectivity index (χ0v) is 35.6. The van der Waals surface area contributed by atoms with Gasteiger partial charge in [-0.15, -0.1) is 0 Å². The predicted octanol–water partition coefficient (Wildman–Crippen LogP) is 13.8. The molecule has 0 nitrogen and oxygen atoms in total. The molecule has 55 heavy (non-hydrogen) atoms. The molecular formula is C49H43S6+3. The van der Waals surface area contributed by atoms with E-state index in [9.17, 15) is 0 Å². The van der Waals surface area contributed by atoms with Gasteiger partial charge in [-0.05, 0) is 133 Å². The van der Waals surface area contributed by atoms with Gasteiger partial charge in [-0.3, -0.25) is 0 Å². The largest absolute Gasteiger partial charge is 0.158 e. The van der Waals surface area contributed by atoms with Crippen LogP contribution in [-0.2, 0) is 35.3 Å². The monoisotopic (exact) mass is 823 g/mol. The normalized spacial score (nSPS) is 10.3. The summed E-state index contributed by atoms with van der Waals surface area (Å²) in [6.07, 6.45) is 2.15. The van der Waals surface area contributed by atoms with E-state index in [1.165, 1.54) is 89.1 Å². The van der Waals surface area contributed by atoms with Gasteiger partial charge in [0.25, 0.3) is 0 Å². The van der Waals surface area contributed by atoms with Gasteiger partial charge in [0.15, 0.2) is 24.5 Å². The minimum absolute atomic E-state index is 1.26. The fourth-order valence-electron chi connectivity index (χ4n) is 5.02. The van der Waals surface area contributed by atoms with Crippen LogP contribution in [0.25, 0.3) is 0 Å². The molecule has 0 atom stereocenters. The summed E-state index contributed by atoms with van der Waals surface area (Å²) >= 11 is 9.26. The van der Waals surface area contributed by atoms with Gasteiger partial charge in [0.2, 0.25) is 0 Å². The lowest BCUT2D eigenvalue weighted by Crippen LogP contribution is -1.84. The smallest absolute Gasteiger partial charge is 0.0901 e. The third-order valence-electron chi connectivity index (χ3n) is 7.73. The number of hydrogen-bond donors (Lipinski definition) is 0. The first-order valence-electron chi connectivity index (χ1n) is 17.8. The Bertz CT molecular complexity index is 1970. The fraction of sp³-hybridized carbons (Fsp3) is 0.0204. The van der Waals surface area contributed by atoms with Crippen LogP contribution in [0.1, 0.15) is 0 Å². The molecule has 0 aliphatic carbocycles. The maximum absolute atomic E-state index is 2.21. The van der Waals surface area contributed by atoms with Crippen molar-refractivity contribution in [3.63, 3.8) is 0 Å². The second kappa shape index (κ2) is 23.1. The van der Waals surface area contributed by atoms with Crippen LogP contribution >= 0.6 is 35.3 Å². The summed E-state index contributed by atoms with van der Waals surface area (Å²) in [6.45, 7) is 0. The summed E-state index contributed by atoms with van der Waals surface area (Å²) < 4.78 is 0. The molecule has 8 rings (SSSR count). The Morgan fingerprint density at radius 3 is 0.727 bits per heavy atom. The second-order valence-electron chi connectivity index (χ2n) is 11.8. The molecule has 0 bridgehead atoms. The van der Waals surface area contributed by atoms with Gasteiger partial charge in [-0.1, -0.05) is 126 Å². The standard InChI is InChI=1S/2C18H14S2.C13H12S2/c2*1-3-7-15(8-4-1)19-17-11-13-18(14-12-17)20-16-9-5-2-6-10-16;1-14-11-7-9-13(10-8-11)15-12-5-3-2-4-6-12/h2*1-14H;2-10H,1H3/p+3. The summed E-state index contributed by atoms with van der Waals surface area (Å²) in [6, 6.07) is 78.9. The highest BCUT2D eigenvalue weighted by molar-refractivity contribution is 7.99. The molecule has 0 aromatic heterocycles. The Hall–Kier alpha value is -4.14. The Morgan fingerprint density at radius 1 is 0.236 bits per heavy atom. The van der Waals surface area contributed by atoms with Gasteiger partial charge in [-0.2, -0.15) is 0 Å². The van der Waals surface area contributed by atoms with Crippen LogP contribution in [0.15, 0.2) is 278 Å². The first-order chi connectivity index (χ1) is 27.2. The molecular weight excluding hydrogens is 781 g/mol. The Kier molecular flexibility index (Phi) is 17.0. The van der Waals surface area contributed by atoms with Gasteiger partial charge < -0.3 is 0 Å². The van der Waals surface area contributed by atoms with Crippen molar-refractivity contribution in [2.75, 3.05) is 6.26 Å². The van der Waals surface area contributed by atoms with E-state index in [0.717, 1.165) is 0 Å². The van der Waals surface area contributed by atoms with E-state index in [-0.39, 0.29) is 0 Å². The van der Waals surface area contributed by atoms with E-state index in [0.29, 0.717) is 0 Å². The molecule has 0 radical (unpaired) electrons. The molecule has 0 saturated heterocycles. The highest BCUT2D eigenvalue weighted by Crippen LogP contribution is 2.30. The van der Waals surface area contributed by atoms with Crippen LogP contribution in [0.4, 0.5) is 0 Å². The van der Waals surface area contributed by atoms with Gasteiger partial charge in [-0.25, -0.2) is 0 Å². The lowest BCUT2D eigenvalue weighted by molar-refractivity contribution is 1.33. The van der Waals surface area contributed by atoms with Gasteiger partial charge in [0.05, 0.1) is 0 Å². The van der Waals surface area contributed by atoms with Crippen LogP contribution in [-0.4, -0.2) is 6.26 Å². The third kappa shape index (κ3) is 14.8. The Labute approximate surface area is 352 Å². The van der Waals surface area contributed by atoms with Crippen LogP contribution < -0.4 is 0 Å². The van der Waals surface area contributed by atoms with Crippen LogP contribution in [0.5, 0.6) is 0 Å². The number of hydrogen-bond acceptors (Lipinski definition) is 3. The first-order valence-corrected chi connectivity index (χ1v) is 23.4. The third-order valence-corrected chi connectivity index (χ3v) is 13.8. The van der Waals surface area contributed by atoms with Crippen molar-refractivity contribution in [3.05, 3.63) is 224 Å². The zero-order valence-electron chi connectivity index (χ0n) is 30.4. The van der Waals surface area contributed by atoms with Crippen molar-refractivity contribution in [1.29, 1.82) is 0 Å². The molecule has 0 aliphatic heterocycles. The van der Waals surface area contributed by atoms with Crippen molar-refractivity contribution in [3.8, 4) is 0 Å². The average molecular weight is 824 g/mol. The molecule has 6 heteroatoms. The van der Waals surface area contributed by atoms with Crippen LogP contribution in [0.2, 0.25) is 0 Å². The summed E-state index contributed by atoms with van der Waals surface area (Å²) in [5.74, 6) is 0. The lowest BCUT2D eigenvalue weighted by atomic mass is 10.4. The number of thiol groups is 3. The van der Waals surface area contributed by atoms with E-state index in [1.807, 2.05) is 18.2 Å². The number of benzene rings is 8. The summed E-state index contributed by atoms with van der Waals surface area (Å²) in [4.78, 5) is 14.4. The molecule has 0 saturated carbocycles. The molecule has 0 unspecified atom stereocenters. The molecule has 0 aliphatic rings. The SMILES string of the molecule is C[SH+]c1ccc(Sc2ccccc2)cc1.c1ccc(Sc2ccc([SH+]c3ccccc3)cc2)cc1.c1ccc(Sc2ccc([SH+]c3ccccc3)cc2)cc1. The average Bonchev–Trinajstić information content (AvgIpc) is 3.25. The molecule has 0 N–H and O–H groups in total. The van der Waals surface area contributed by atoms with E-state index in [4.69, 9.17) is 0 Å². The minimum Gasteiger partial charge on any atom is -0.0901 e. The second-order valence-corrected chi connectivity index (χ2v) is 18.8. The van der Waals surface area contributed by atoms with E-state index < -0.39 is 0 Å². The number of rotatable bonds is 11. The van der Waals surface area contributed by atoms with Crippen molar-refractivity contribution in [2.45, 2.75) is 53.9 Å². The Morgan fingerprint density at radius 2 is 0.455 bits per heavy atom.